The Hall–Kier alpha value is -2.71. The highest BCUT2D eigenvalue weighted by Gasteiger charge is 2.19. The number of aryl methyl sites for hydroxylation is 1. The van der Waals surface area contributed by atoms with E-state index in [-0.39, 0.29) is 6.61 Å². The molecule has 1 rings (SSSR count). The summed E-state index contributed by atoms with van der Waals surface area (Å²) in [5.41, 5.74) is 10.9. The van der Waals surface area contributed by atoms with Crippen molar-refractivity contribution in [3.63, 3.8) is 0 Å². The molecule has 0 aliphatic heterocycles. The number of primary amides is 2. The molecule has 114 valence electrons. The first kappa shape index (κ1) is 16.3. The van der Waals surface area contributed by atoms with Crippen LogP contribution in [0.25, 0.3) is 0 Å². The van der Waals surface area contributed by atoms with Crippen LogP contribution in [0.4, 0.5) is 4.79 Å². The Balaban J connectivity index is 2.35. The van der Waals surface area contributed by atoms with Gasteiger partial charge in [-0.25, -0.2) is 14.8 Å². The van der Waals surface area contributed by atoms with Crippen molar-refractivity contribution in [1.29, 1.82) is 0 Å². The van der Waals surface area contributed by atoms with Gasteiger partial charge in [-0.2, -0.15) is 0 Å². The number of aromatic nitrogens is 2. The van der Waals surface area contributed by atoms with E-state index in [1.807, 2.05) is 0 Å². The fourth-order valence-electron chi connectivity index (χ4n) is 1.55. The number of carbonyl (C=O) groups is 3. The van der Waals surface area contributed by atoms with Crippen LogP contribution in [-0.2, 0) is 20.7 Å². The first-order chi connectivity index (χ1) is 9.99. The third-order valence-corrected chi connectivity index (χ3v) is 2.40. The molecule has 1 heterocycles. The molecule has 4 N–H and O–H groups in total. The van der Waals surface area contributed by atoms with Gasteiger partial charge in [0.1, 0.15) is 19.4 Å². The second kappa shape index (κ2) is 8.46. The van der Waals surface area contributed by atoms with E-state index < -0.39 is 31.0 Å². The van der Waals surface area contributed by atoms with Gasteiger partial charge in [0.15, 0.2) is 0 Å². The summed E-state index contributed by atoms with van der Waals surface area (Å²) >= 11 is 0. The van der Waals surface area contributed by atoms with E-state index in [0.717, 1.165) is 10.5 Å². The van der Waals surface area contributed by atoms with Crippen LogP contribution in [0, 0.1) is 0 Å². The molecule has 0 unspecified atom stereocenters. The number of hydrogen-bond acceptors (Lipinski definition) is 6. The zero-order chi connectivity index (χ0) is 15.7. The molecule has 9 nitrogen and oxygen atoms in total. The molecule has 1 aromatic rings. The second-order valence-electron chi connectivity index (χ2n) is 4.25. The van der Waals surface area contributed by atoms with Crippen molar-refractivity contribution in [3.8, 4) is 0 Å². The predicted octanol–water partition coefficient (Wildman–Crippen LogP) is -1.18. The summed E-state index contributed by atoms with van der Waals surface area (Å²) in [6, 6.07) is 0. The summed E-state index contributed by atoms with van der Waals surface area (Å²) in [5, 5.41) is 0. The van der Waals surface area contributed by atoms with Crippen molar-refractivity contribution < 1.29 is 19.1 Å². The molecule has 0 saturated heterocycles. The highest BCUT2D eigenvalue weighted by atomic mass is 16.6. The largest absolute Gasteiger partial charge is 0.449 e. The van der Waals surface area contributed by atoms with Crippen molar-refractivity contribution in [2.75, 3.05) is 19.7 Å². The lowest BCUT2D eigenvalue weighted by Gasteiger charge is -2.18. The molecule has 0 bridgehead atoms. The zero-order valence-electron chi connectivity index (χ0n) is 11.4. The predicted molar refractivity (Wildman–Crippen MR) is 71.7 cm³/mol. The maximum absolute atomic E-state index is 11.7. The molecule has 0 aromatic carbocycles. The highest BCUT2D eigenvalue weighted by molar-refractivity contribution is 5.85. The molecule has 0 saturated carbocycles. The third-order valence-electron chi connectivity index (χ3n) is 2.40. The maximum Gasteiger partial charge on any atom is 0.410 e. The molecule has 0 aliphatic rings. The molecule has 0 spiro atoms. The van der Waals surface area contributed by atoms with Crippen molar-refractivity contribution in [2.45, 2.75) is 12.8 Å². The molecule has 1 aromatic heterocycles. The Kier molecular flexibility index (Phi) is 6.58. The van der Waals surface area contributed by atoms with E-state index in [2.05, 4.69) is 9.97 Å². The Bertz CT molecular complexity index is 478. The lowest BCUT2D eigenvalue weighted by molar-refractivity contribution is -0.121. The molecule has 0 radical (unpaired) electrons. The van der Waals surface area contributed by atoms with Gasteiger partial charge in [-0.15, -0.1) is 0 Å². The average Bonchev–Trinajstić information content (AvgIpc) is 2.43. The van der Waals surface area contributed by atoms with Crippen LogP contribution in [0.15, 0.2) is 18.7 Å². The van der Waals surface area contributed by atoms with Gasteiger partial charge >= 0.3 is 6.09 Å². The minimum atomic E-state index is -0.808. The van der Waals surface area contributed by atoms with Crippen LogP contribution >= 0.6 is 0 Å². The zero-order valence-corrected chi connectivity index (χ0v) is 11.4. The highest BCUT2D eigenvalue weighted by Crippen LogP contribution is 2.00. The molecular formula is C12H17N5O4. The van der Waals surface area contributed by atoms with Crippen molar-refractivity contribution >= 4 is 17.9 Å². The quantitative estimate of drug-likeness (QED) is 0.578. The van der Waals surface area contributed by atoms with Gasteiger partial charge in [-0.1, -0.05) is 0 Å². The summed E-state index contributed by atoms with van der Waals surface area (Å²) in [4.78, 5) is 41.9. The van der Waals surface area contributed by atoms with E-state index in [4.69, 9.17) is 16.2 Å². The van der Waals surface area contributed by atoms with Crippen LogP contribution < -0.4 is 11.5 Å². The Morgan fingerprint density at radius 2 is 1.67 bits per heavy atom. The third kappa shape index (κ3) is 6.85. The van der Waals surface area contributed by atoms with Gasteiger partial charge in [0.2, 0.25) is 11.8 Å². The molecule has 3 amide bonds. The Morgan fingerprint density at radius 1 is 1.10 bits per heavy atom. The molecule has 0 aliphatic carbocycles. The van der Waals surface area contributed by atoms with Gasteiger partial charge in [-0.05, 0) is 18.4 Å². The van der Waals surface area contributed by atoms with Crippen molar-refractivity contribution in [2.24, 2.45) is 11.5 Å². The monoisotopic (exact) mass is 295 g/mol. The molecular weight excluding hydrogens is 278 g/mol. The van der Waals surface area contributed by atoms with E-state index in [9.17, 15) is 14.4 Å². The van der Waals surface area contributed by atoms with Gasteiger partial charge < -0.3 is 16.2 Å². The Morgan fingerprint density at radius 3 is 2.19 bits per heavy atom. The van der Waals surface area contributed by atoms with Gasteiger partial charge in [-0.3, -0.25) is 14.5 Å². The van der Waals surface area contributed by atoms with E-state index >= 15 is 0 Å². The van der Waals surface area contributed by atoms with Crippen LogP contribution in [-0.4, -0.2) is 52.5 Å². The van der Waals surface area contributed by atoms with Crippen LogP contribution in [0.5, 0.6) is 0 Å². The minimum Gasteiger partial charge on any atom is -0.449 e. The maximum atomic E-state index is 11.7. The summed E-state index contributed by atoms with van der Waals surface area (Å²) in [6.07, 6.45) is 5.15. The minimum absolute atomic E-state index is 0.127. The first-order valence-corrected chi connectivity index (χ1v) is 6.21. The van der Waals surface area contributed by atoms with Crippen molar-refractivity contribution in [3.05, 3.63) is 24.3 Å². The Labute approximate surface area is 121 Å². The lowest BCUT2D eigenvalue weighted by atomic mass is 10.2. The fourth-order valence-corrected chi connectivity index (χ4v) is 1.55. The summed E-state index contributed by atoms with van der Waals surface area (Å²) in [7, 11) is 0. The van der Waals surface area contributed by atoms with E-state index in [1.165, 1.54) is 6.33 Å². The number of carbonyl (C=O) groups excluding carboxylic acids is 3. The average molecular weight is 295 g/mol. The second-order valence-corrected chi connectivity index (χ2v) is 4.25. The van der Waals surface area contributed by atoms with E-state index in [1.54, 1.807) is 12.4 Å². The molecule has 0 atom stereocenters. The number of amides is 3. The summed E-state index contributed by atoms with van der Waals surface area (Å²) in [5.74, 6) is -1.51. The summed E-state index contributed by atoms with van der Waals surface area (Å²) < 4.78 is 4.96. The van der Waals surface area contributed by atoms with Gasteiger partial charge in [0.05, 0.1) is 6.61 Å². The smallest absolute Gasteiger partial charge is 0.410 e. The molecule has 21 heavy (non-hydrogen) atoms. The van der Waals surface area contributed by atoms with Crippen LogP contribution in [0.1, 0.15) is 12.0 Å². The molecule has 0 fully saturated rings. The van der Waals surface area contributed by atoms with Gasteiger partial charge in [0.25, 0.3) is 0 Å². The summed E-state index contributed by atoms with van der Waals surface area (Å²) in [6.45, 7) is -0.718. The van der Waals surface area contributed by atoms with Crippen molar-refractivity contribution in [1.82, 2.24) is 14.9 Å². The van der Waals surface area contributed by atoms with E-state index in [0.29, 0.717) is 12.8 Å². The van der Waals surface area contributed by atoms with Gasteiger partial charge in [0, 0.05) is 12.4 Å². The number of rotatable bonds is 8. The number of ether oxygens (including phenoxy) is 1. The topological polar surface area (TPSA) is 142 Å². The fraction of sp³-hybridized carbons (Fsp3) is 0.417. The number of nitrogens with two attached hydrogens (primary N) is 2. The number of hydrogen-bond donors (Lipinski definition) is 2. The SMILES string of the molecule is NC(=O)CN(CC(N)=O)C(=O)OCCCc1cncnc1. The lowest BCUT2D eigenvalue weighted by Crippen LogP contribution is -2.43. The van der Waals surface area contributed by atoms with Crippen LogP contribution in [0.2, 0.25) is 0 Å². The number of nitrogens with zero attached hydrogens (tertiary/aromatic N) is 3. The normalized spacial score (nSPS) is 9.90. The standard InChI is InChI=1S/C12H17N5O4/c13-10(18)6-17(7-11(14)19)12(20)21-3-1-2-9-4-15-8-16-5-9/h4-5,8H,1-3,6-7H2,(H2,13,18)(H2,14,19). The first-order valence-electron chi connectivity index (χ1n) is 6.21. The van der Waals surface area contributed by atoms with Crippen LogP contribution in [0.3, 0.4) is 0 Å². The molecule has 9 heteroatoms.